The molecule has 0 radical (unpaired) electrons. The molecule has 2 unspecified atom stereocenters. The van der Waals surface area contributed by atoms with Crippen LogP contribution in [0, 0.1) is 11.8 Å². The van der Waals surface area contributed by atoms with Gasteiger partial charge in [-0.2, -0.15) is 0 Å². The van der Waals surface area contributed by atoms with Gasteiger partial charge in [-0.1, -0.05) is 85.0 Å². The SMILES string of the molecule is CCCCC(CC)CCCCCC(CC)CCOS(=O)(=O)[O-].[Na+]. The van der Waals surface area contributed by atoms with Crippen LogP contribution in [-0.2, 0) is 14.6 Å². The van der Waals surface area contributed by atoms with Crippen molar-refractivity contribution in [2.24, 2.45) is 11.8 Å². The fraction of sp³-hybridized carbons (Fsp3) is 1.00. The molecule has 0 saturated carbocycles. The Morgan fingerprint density at radius 3 is 1.74 bits per heavy atom. The Labute approximate surface area is 166 Å². The predicted molar refractivity (Wildman–Crippen MR) is 90.4 cm³/mol. The second kappa shape index (κ2) is 16.3. The van der Waals surface area contributed by atoms with Gasteiger partial charge in [0.25, 0.3) is 0 Å². The van der Waals surface area contributed by atoms with Crippen LogP contribution in [0.1, 0.15) is 91.4 Å². The van der Waals surface area contributed by atoms with E-state index < -0.39 is 10.4 Å². The van der Waals surface area contributed by atoms with Gasteiger partial charge in [0, 0.05) is 0 Å². The first-order valence-corrected chi connectivity index (χ1v) is 10.4. The first-order chi connectivity index (χ1) is 10.4. The van der Waals surface area contributed by atoms with Crippen LogP contribution in [0.2, 0.25) is 0 Å². The van der Waals surface area contributed by atoms with Crippen LogP contribution in [-0.4, -0.2) is 19.6 Å². The van der Waals surface area contributed by atoms with E-state index in [2.05, 4.69) is 25.0 Å². The van der Waals surface area contributed by atoms with Gasteiger partial charge >= 0.3 is 29.6 Å². The average Bonchev–Trinajstić information content (AvgIpc) is 2.47. The van der Waals surface area contributed by atoms with Gasteiger partial charge < -0.3 is 4.55 Å². The number of rotatable bonds is 15. The summed E-state index contributed by atoms with van der Waals surface area (Å²) in [6.07, 6.45) is 13.1. The van der Waals surface area contributed by atoms with Crippen molar-refractivity contribution < 1.29 is 46.7 Å². The minimum atomic E-state index is -4.53. The van der Waals surface area contributed by atoms with Crippen molar-refractivity contribution in [2.75, 3.05) is 6.61 Å². The van der Waals surface area contributed by atoms with E-state index in [9.17, 15) is 13.0 Å². The first-order valence-electron chi connectivity index (χ1n) is 9.03. The summed E-state index contributed by atoms with van der Waals surface area (Å²) >= 11 is 0. The van der Waals surface area contributed by atoms with E-state index >= 15 is 0 Å². The third-order valence-electron chi connectivity index (χ3n) is 4.60. The molecule has 4 nitrogen and oxygen atoms in total. The second-order valence-corrected chi connectivity index (χ2v) is 7.40. The van der Waals surface area contributed by atoms with Crippen LogP contribution in [0.15, 0.2) is 0 Å². The second-order valence-electron chi connectivity index (χ2n) is 6.35. The maximum atomic E-state index is 10.4. The van der Waals surface area contributed by atoms with Crippen molar-refractivity contribution in [1.29, 1.82) is 0 Å². The van der Waals surface area contributed by atoms with E-state index in [0.29, 0.717) is 12.3 Å². The minimum Gasteiger partial charge on any atom is -0.726 e. The summed E-state index contributed by atoms with van der Waals surface area (Å²) in [5.74, 6) is 1.35. The van der Waals surface area contributed by atoms with Gasteiger partial charge in [-0.3, -0.25) is 4.18 Å². The van der Waals surface area contributed by atoms with Gasteiger partial charge in [-0.25, -0.2) is 8.42 Å². The van der Waals surface area contributed by atoms with E-state index in [0.717, 1.165) is 18.8 Å². The fourth-order valence-corrected chi connectivity index (χ4v) is 3.26. The summed E-state index contributed by atoms with van der Waals surface area (Å²) in [7, 11) is -4.53. The fourth-order valence-electron chi connectivity index (χ4n) is 2.96. The van der Waals surface area contributed by atoms with Crippen molar-refractivity contribution in [3.05, 3.63) is 0 Å². The number of hydrogen-bond acceptors (Lipinski definition) is 4. The van der Waals surface area contributed by atoms with Crippen LogP contribution in [0.4, 0.5) is 0 Å². The van der Waals surface area contributed by atoms with Crippen molar-refractivity contribution in [2.45, 2.75) is 91.4 Å². The molecule has 0 rings (SSSR count). The zero-order valence-electron chi connectivity index (χ0n) is 15.7. The Bertz CT molecular complexity index is 347. The van der Waals surface area contributed by atoms with Crippen LogP contribution >= 0.6 is 0 Å². The first kappa shape index (κ1) is 26.1. The molecule has 0 heterocycles. The maximum Gasteiger partial charge on any atom is 1.00 e. The van der Waals surface area contributed by atoms with Gasteiger partial charge in [-0.15, -0.1) is 0 Å². The predicted octanol–water partition coefficient (Wildman–Crippen LogP) is 2.05. The van der Waals surface area contributed by atoms with Crippen molar-refractivity contribution in [1.82, 2.24) is 0 Å². The molecular weight excluding hydrogens is 323 g/mol. The zero-order valence-corrected chi connectivity index (χ0v) is 18.5. The summed E-state index contributed by atoms with van der Waals surface area (Å²) in [6.45, 7) is 6.67. The third kappa shape index (κ3) is 17.5. The van der Waals surface area contributed by atoms with Crippen molar-refractivity contribution in [3.63, 3.8) is 0 Å². The topological polar surface area (TPSA) is 66.4 Å². The van der Waals surface area contributed by atoms with Gasteiger partial charge in [0.1, 0.15) is 0 Å². The van der Waals surface area contributed by atoms with Crippen LogP contribution in [0.5, 0.6) is 0 Å². The van der Waals surface area contributed by atoms with E-state index in [1.807, 2.05) is 0 Å². The standard InChI is InChI=1S/C17H36O4S.Na/c1-4-7-11-16(5-2)12-9-8-10-13-17(6-3)14-15-21-22(18,19)20;/h16-17H,4-15H2,1-3H3,(H,18,19,20);/q;+1/p-1. The van der Waals surface area contributed by atoms with Crippen LogP contribution in [0.25, 0.3) is 0 Å². The molecule has 23 heavy (non-hydrogen) atoms. The van der Waals surface area contributed by atoms with E-state index in [1.54, 1.807) is 0 Å². The normalized spacial score (nSPS) is 14.3. The summed E-state index contributed by atoms with van der Waals surface area (Å²) in [4.78, 5) is 0. The Hall–Kier alpha value is 0.870. The molecule has 0 aliphatic carbocycles. The van der Waals surface area contributed by atoms with Crippen LogP contribution < -0.4 is 29.6 Å². The molecule has 6 heteroatoms. The van der Waals surface area contributed by atoms with E-state index in [4.69, 9.17) is 0 Å². The molecular formula is C17H35NaO4S. The molecule has 0 aliphatic rings. The van der Waals surface area contributed by atoms with Gasteiger partial charge in [-0.05, 0) is 18.3 Å². The summed E-state index contributed by atoms with van der Waals surface area (Å²) < 4.78 is 35.5. The molecule has 0 bridgehead atoms. The van der Waals surface area contributed by atoms with Gasteiger partial charge in [0.05, 0.1) is 6.61 Å². The Balaban J connectivity index is 0. The Morgan fingerprint density at radius 1 is 0.826 bits per heavy atom. The molecule has 0 aliphatic heterocycles. The molecule has 0 aromatic heterocycles. The smallest absolute Gasteiger partial charge is 0.726 e. The van der Waals surface area contributed by atoms with Crippen molar-refractivity contribution >= 4 is 10.4 Å². The Kier molecular flexibility index (Phi) is 18.5. The van der Waals surface area contributed by atoms with Crippen LogP contribution in [0.3, 0.4) is 0 Å². The molecule has 0 spiro atoms. The third-order valence-corrected chi connectivity index (χ3v) is 5.05. The molecule has 0 saturated heterocycles. The monoisotopic (exact) mass is 358 g/mol. The summed E-state index contributed by atoms with van der Waals surface area (Å²) in [5.41, 5.74) is 0. The van der Waals surface area contributed by atoms with Gasteiger partial charge in [0.15, 0.2) is 0 Å². The van der Waals surface area contributed by atoms with E-state index in [-0.39, 0.29) is 36.2 Å². The number of hydrogen-bond donors (Lipinski definition) is 0. The molecule has 0 N–H and O–H groups in total. The molecule has 0 amide bonds. The number of unbranched alkanes of at least 4 members (excludes halogenated alkanes) is 3. The average molecular weight is 359 g/mol. The maximum absolute atomic E-state index is 10.4. The molecule has 0 fully saturated rings. The van der Waals surface area contributed by atoms with Crippen molar-refractivity contribution in [3.8, 4) is 0 Å². The largest absolute Gasteiger partial charge is 1.00 e. The molecule has 0 aromatic carbocycles. The quantitative estimate of drug-likeness (QED) is 0.194. The zero-order chi connectivity index (χ0) is 16.8. The van der Waals surface area contributed by atoms with E-state index in [1.165, 1.54) is 51.4 Å². The summed E-state index contributed by atoms with van der Waals surface area (Å²) in [6, 6.07) is 0. The molecule has 2 atom stereocenters. The summed E-state index contributed by atoms with van der Waals surface area (Å²) in [5, 5.41) is 0. The minimum absolute atomic E-state index is 0. The van der Waals surface area contributed by atoms with Gasteiger partial charge in [0.2, 0.25) is 10.4 Å². The Morgan fingerprint density at radius 2 is 1.30 bits per heavy atom. The molecule has 134 valence electrons. The molecule has 0 aromatic rings.